The lowest BCUT2D eigenvalue weighted by molar-refractivity contribution is 0.414. The van der Waals surface area contributed by atoms with Crippen molar-refractivity contribution in [2.75, 3.05) is 7.11 Å². The molecule has 3 nitrogen and oxygen atoms in total. The van der Waals surface area contributed by atoms with Gasteiger partial charge in [0, 0.05) is 18.0 Å². The summed E-state index contributed by atoms with van der Waals surface area (Å²) in [5.41, 5.74) is 6.76. The van der Waals surface area contributed by atoms with Crippen LogP contribution in [0.3, 0.4) is 0 Å². The topological polar surface area (TPSA) is 26.5 Å². The van der Waals surface area contributed by atoms with Gasteiger partial charge in [-0.25, -0.2) is 4.98 Å². The average Bonchev–Trinajstić information content (AvgIpc) is 2.82. The van der Waals surface area contributed by atoms with Gasteiger partial charge in [0.05, 0.1) is 12.8 Å². The summed E-state index contributed by atoms with van der Waals surface area (Å²) < 4.78 is 7.40. The third kappa shape index (κ3) is 1.95. The number of rotatable bonds is 2. The van der Waals surface area contributed by atoms with Crippen molar-refractivity contribution in [2.24, 2.45) is 0 Å². The van der Waals surface area contributed by atoms with Gasteiger partial charge in [-0.05, 0) is 55.7 Å². The number of methoxy groups -OCH3 is 1. The molecule has 102 valence electrons. The van der Waals surface area contributed by atoms with Crippen molar-refractivity contribution < 1.29 is 4.74 Å². The van der Waals surface area contributed by atoms with Gasteiger partial charge in [-0.2, -0.15) is 0 Å². The lowest BCUT2D eigenvalue weighted by atomic mass is 10.00. The molecule has 0 radical (unpaired) electrons. The molecule has 0 spiro atoms. The molecular weight excluding hydrogens is 248 g/mol. The Morgan fingerprint density at radius 3 is 2.35 bits per heavy atom. The van der Waals surface area contributed by atoms with Crippen molar-refractivity contribution in [3.05, 3.63) is 53.3 Å². The molecule has 0 aliphatic carbocycles. The Bertz CT molecular complexity index is 764. The van der Waals surface area contributed by atoms with Gasteiger partial charge in [-0.15, -0.1) is 0 Å². The zero-order chi connectivity index (χ0) is 14.3. The number of fused-ring (bicyclic) bond motifs is 1. The van der Waals surface area contributed by atoms with Gasteiger partial charge in [0.2, 0.25) is 0 Å². The van der Waals surface area contributed by atoms with E-state index in [0.29, 0.717) is 0 Å². The van der Waals surface area contributed by atoms with E-state index in [0.717, 1.165) is 17.1 Å². The van der Waals surface area contributed by atoms with Crippen LogP contribution >= 0.6 is 0 Å². The van der Waals surface area contributed by atoms with Gasteiger partial charge in [-0.1, -0.05) is 6.07 Å². The van der Waals surface area contributed by atoms with E-state index in [1.807, 2.05) is 12.3 Å². The number of benzene rings is 1. The van der Waals surface area contributed by atoms with Crippen LogP contribution in [-0.4, -0.2) is 16.5 Å². The molecule has 1 aromatic carbocycles. The van der Waals surface area contributed by atoms with Crippen LogP contribution in [0.4, 0.5) is 0 Å². The maximum absolute atomic E-state index is 5.32. The van der Waals surface area contributed by atoms with Crippen molar-refractivity contribution in [1.82, 2.24) is 9.38 Å². The normalized spacial score (nSPS) is 11.0. The zero-order valence-electron chi connectivity index (χ0n) is 12.3. The molecular formula is C17H18N2O. The summed E-state index contributed by atoms with van der Waals surface area (Å²) in [6.45, 7) is 6.28. The molecule has 2 aromatic heterocycles. The number of ether oxygens (including phenoxy) is 1. The summed E-state index contributed by atoms with van der Waals surface area (Å²) in [4.78, 5) is 4.78. The molecule has 0 aliphatic rings. The molecule has 0 aliphatic heterocycles. The van der Waals surface area contributed by atoms with E-state index >= 15 is 0 Å². The van der Waals surface area contributed by atoms with Crippen molar-refractivity contribution in [2.45, 2.75) is 20.8 Å². The highest BCUT2D eigenvalue weighted by molar-refractivity contribution is 5.71. The van der Waals surface area contributed by atoms with E-state index in [9.17, 15) is 0 Å². The minimum atomic E-state index is 0.892. The molecule has 2 heterocycles. The van der Waals surface area contributed by atoms with E-state index in [2.05, 4.69) is 49.6 Å². The van der Waals surface area contributed by atoms with Crippen LogP contribution in [0, 0.1) is 20.8 Å². The van der Waals surface area contributed by atoms with Crippen LogP contribution in [-0.2, 0) is 0 Å². The molecule has 0 fully saturated rings. The lowest BCUT2D eigenvalue weighted by Crippen LogP contribution is -1.91. The summed E-state index contributed by atoms with van der Waals surface area (Å²) in [6.07, 6.45) is 4.12. The Balaban J connectivity index is 2.23. The molecule has 3 rings (SSSR count). The summed E-state index contributed by atoms with van der Waals surface area (Å²) in [5.74, 6) is 0.892. The van der Waals surface area contributed by atoms with Crippen LogP contribution < -0.4 is 4.74 Å². The summed E-state index contributed by atoms with van der Waals surface area (Å²) in [6, 6.07) is 8.24. The molecule has 0 bridgehead atoms. The summed E-state index contributed by atoms with van der Waals surface area (Å²) >= 11 is 0. The number of aromatic nitrogens is 2. The monoisotopic (exact) mass is 266 g/mol. The highest BCUT2D eigenvalue weighted by atomic mass is 16.5. The van der Waals surface area contributed by atoms with Crippen LogP contribution in [0.15, 0.2) is 36.7 Å². The molecule has 20 heavy (non-hydrogen) atoms. The average molecular weight is 266 g/mol. The number of aryl methyl sites for hydroxylation is 3. The molecule has 0 saturated carbocycles. The Kier molecular flexibility index (Phi) is 2.97. The van der Waals surface area contributed by atoms with E-state index in [-0.39, 0.29) is 0 Å². The minimum absolute atomic E-state index is 0.892. The minimum Gasteiger partial charge on any atom is -0.497 e. The predicted octanol–water partition coefficient (Wildman–Crippen LogP) is 3.94. The van der Waals surface area contributed by atoms with Crippen molar-refractivity contribution in [3.8, 4) is 17.0 Å². The second kappa shape index (κ2) is 4.67. The van der Waals surface area contributed by atoms with E-state index in [1.54, 1.807) is 7.11 Å². The highest BCUT2D eigenvalue weighted by Gasteiger charge is 2.12. The molecule has 3 aromatic rings. The van der Waals surface area contributed by atoms with Crippen molar-refractivity contribution >= 4 is 5.65 Å². The van der Waals surface area contributed by atoms with Gasteiger partial charge >= 0.3 is 0 Å². The number of hydrogen-bond donors (Lipinski definition) is 0. The highest BCUT2D eigenvalue weighted by Crippen LogP contribution is 2.30. The second-order valence-electron chi connectivity index (χ2n) is 5.18. The van der Waals surface area contributed by atoms with Gasteiger partial charge < -0.3 is 9.14 Å². The smallest absolute Gasteiger partial charge is 0.140 e. The van der Waals surface area contributed by atoms with E-state index in [1.165, 1.54) is 22.3 Å². The van der Waals surface area contributed by atoms with Crippen LogP contribution in [0.2, 0.25) is 0 Å². The van der Waals surface area contributed by atoms with Gasteiger partial charge in [0.15, 0.2) is 0 Å². The molecule has 0 atom stereocenters. The summed E-state index contributed by atoms with van der Waals surface area (Å²) in [5, 5.41) is 0. The van der Waals surface area contributed by atoms with Crippen LogP contribution in [0.5, 0.6) is 5.75 Å². The van der Waals surface area contributed by atoms with Crippen LogP contribution in [0.25, 0.3) is 16.9 Å². The Labute approximate surface area is 118 Å². The zero-order valence-corrected chi connectivity index (χ0v) is 12.3. The van der Waals surface area contributed by atoms with Gasteiger partial charge in [-0.3, -0.25) is 0 Å². The fourth-order valence-electron chi connectivity index (χ4n) is 2.72. The first-order valence-corrected chi connectivity index (χ1v) is 6.70. The first-order valence-electron chi connectivity index (χ1n) is 6.70. The second-order valence-corrected chi connectivity index (χ2v) is 5.18. The van der Waals surface area contributed by atoms with Crippen LogP contribution in [0.1, 0.15) is 16.7 Å². The van der Waals surface area contributed by atoms with Crippen molar-refractivity contribution in [3.63, 3.8) is 0 Å². The lowest BCUT2D eigenvalue weighted by Gasteiger charge is -2.09. The fourth-order valence-corrected chi connectivity index (χ4v) is 2.72. The third-order valence-corrected chi connectivity index (χ3v) is 3.68. The largest absolute Gasteiger partial charge is 0.497 e. The number of hydrogen-bond acceptors (Lipinski definition) is 2. The molecule has 3 heteroatoms. The Morgan fingerprint density at radius 2 is 1.75 bits per heavy atom. The molecule has 0 N–H and O–H groups in total. The third-order valence-electron chi connectivity index (χ3n) is 3.68. The van der Waals surface area contributed by atoms with E-state index in [4.69, 9.17) is 9.72 Å². The first kappa shape index (κ1) is 12.7. The maximum Gasteiger partial charge on any atom is 0.140 e. The quantitative estimate of drug-likeness (QED) is 0.702. The van der Waals surface area contributed by atoms with Crippen molar-refractivity contribution in [1.29, 1.82) is 0 Å². The first-order chi connectivity index (χ1) is 9.60. The Hall–Kier alpha value is -2.29. The molecule has 0 amide bonds. The predicted molar refractivity (Wildman–Crippen MR) is 81.4 cm³/mol. The van der Waals surface area contributed by atoms with Gasteiger partial charge in [0.25, 0.3) is 0 Å². The summed E-state index contributed by atoms with van der Waals surface area (Å²) in [7, 11) is 1.70. The number of imidazole rings is 1. The fraction of sp³-hybridized carbons (Fsp3) is 0.235. The number of pyridine rings is 1. The maximum atomic E-state index is 5.32. The molecule has 0 unspecified atom stereocenters. The van der Waals surface area contributed by atoms with E-state index < -0.39 is 0 Å². The Morgan fingerprint density at radius 1 is 1.05 bits per heavy atom. The molecule has 0 saturated heterocycles. The van der Waals surface area contributed by atoms with Gasteiger partial charge in [0.1, 0.15) is 11.4 Å². The SMILES string of the molecule is COc1cc(C)c(-c2cn3cccc(C)c3n2)c(C)c1. The standard InChI is InChI=1S/C17H18N2O/c1-11-6-5-7-19-10-15(18-17(11)19)16-12(2)8-14(20-4)9-13(16)3/h5-10H,1-4H3. The number of nitrogens with zero attached hydrogens (tertiary/aromatic N) is 2.